The van der Waals surface area contributed by atoms with E-state index in [2.05, 4.69) is 10.6 Å². The summed E-state index contributed by atoms with van der Waals surface area (Å²) < 4.78 is 44.8. The van der Waals surface area contributed by atoms with Crippen LogP contribution in [0.25, 0.3) is 0 Å². The summed E-state index contributed by atoms with van der Waals surface area (Å²) in [6, 6.07) is 8.07. The quantitative estimate of drug-likeness (QED) is 0.414. The molecule has 2 aromatic carbocycles. The van der Waals surface area contributed by atoms with Crippen LogP contribution in [0, 0.1) is 10.1 Å². The number of carbonyl (C=O) groups excluding carboxylic acids is 1. The first kappa shape index (κ1) is 22.4. The number of nitrogens with one attached hydrogen (secondary N) is 2. The van der Waals surface area contributed by atoms with Gasteiger partial charge in [0.1, 0.15) is 0 Å². The van der Waals surface area contributed by atoms with Gasteiger partial charge in [-0.05, 0) is 42.5 Å². The predicted octanol–water partition coefficient (Wildman–Crippen LogP) is 3.58. The molecule has 0 spiro atoms. The highest BCUT2D eigenvalue weighted by molar-refractivity contribution is 7.80. The molecule has 0 aliphatic carbocycles. The molecular formula is C19H17F3N4O4S. The van der Waals surface area contributed by atoms with Crippen LogP contribution in [0.3, 0.4) is 0 Å². The van der Waals surface area contributed by atoms with E-state index in [-0.39, 0.29) is 22.1 Å². The third kappa shape index (κ3) is 5.67. The summed E-state index contributed by atoms with van der Waals surface area (Å²) in [5, 5.41) is 15.5. The molecule has 0 unspecified atom stereocenters. The minimum atomic E-state index is -4.55. The molecule has 8 nitrogen and oxygen atoms in total. The van der Waals surface area contributed by atoms with Crippen molar-refractivity contribution in [3.05, 3.63) is 63.7 Å². The van der Waals surface area contributed by atoms with Gasteiger partial charge in [0, 0.05) is 30.8 Å². The van der Waals surface area contributed by atoms with E-state index in [1.807, 2.05) is 4.90 Å². The number of morpholine rings is 1. The van der Waals surface area contributed by atoms with E-state index < -0.39 is 22.6 Å². The smallest absolute Gasteiger partial charge is 0.378 e. The Labute approximate surface area is 180 Å². The van der Waals surface area contributed by atoms with E-state index in [1.165, 1.54) is 18.2 Å². The number of benzene rings is 2. The predicted molar refractivity (Wildman–Crippen MR) is 111 cm³/mol. The molecule has 31 heavy (non-hydrogen) atoms. The third-order valence-electron chi connectivity index (χ3n) is 4.49. The number of hydrogen-bond donors (Lipinski definition) is 2. The molecule has 0 bridgehead atoms. The summed E-state index contributed by atoms with van der Waals surface area (Å²) in [6.07, 6.45) is -4.55. The molecule has 1 amide bonds. The number of halogens is 3. The number of non-ortho nitro benzene ring substituents is 1. The van der Waals surface area contributed by atoms with Gasteiger partial charge in [0.15, 0.2) is 5.11 Å². The van der Waals surface area contributed by atoms with E-state index in [0.29, 0.717) is 32.0 Å². The summed E-state index contributed by atoms with van der Waals surface area (Å²) in [6.45, 7) is 1.84. The van der Waals surface area contributed by atoms with Crippen molar-refractivity contribution < 1.29 is 27.6 Å². The summed E-state index contributed by atoms with van der Waals surface area (Å²) in [5.74, 6) is -0.660. The van der Waals surface area contributed by atoms with Gasteiger partial charge in [0.2, 0.25) is 0 Å². The van der Waals surface area contributed by atoms with Gasteiger partial charge in [0.05, 0.1) is 35.1 Å². The average molecular weight is 454 g/mol. The molecule has 0 aromatic heterocycles. The fourth-order valence-electron chi connectivity index (χ4n) is 2.96. The Balaban J connectivity index is 1.78. The normalized spacial score (nSPS) is 14.1. The molecular weight excluding hydrogens is 437 g/mol. The Morgan fingerprint density at radius 2 is 1.77 bits per heavy atom. The summed E-state index contributed by atoms with van der Waals surface area (Å²) in [4.78, 5) is 24.3. The molecule has 0 saturated carbocycles. The van der Waals surface area contributed by atoms with Crippen LogP contribution in [0.4, 0.5) is 30.2 Å². The number of alkyl halides is 3. The van der Waals surface area contributed by atoms with E-state index in [9.17, 15) is 28.1 Å². The molecule has 0 atom stereocenters. The molecule has 1 saturated heterocycles. The van der Waals surface area contributed by atoms with Crippen LogP contribution in [0.5, 0.6) is 0 Å². The van der Waals surface area contributed by atoms with Gasteiger partial charge in [0.25, 0.3) is 11.6 Å². The fraction of sp³-hybridized carbons (Fsp3) is 0.263. The maximum atomic E-state index is 13.2. The highest BCUT2D eigenvalue weighted by Crippen LogP contribution is 2.35. The number of hydrogen-bond acceptors (Lipinski definition) is 6. The largest absolute Gasteiger partial charge is 0.416 e. The lowest BCUT2D eigenvalue weighted by atomic mass is 10.1. The number of nitrogens with zero attached hydrogens (tertiary/aromatic N) is 2. The van der Waals surface area contributed by atoms with Crippen LogP contribution in [-0.4, -0.2) is 42.2 Å². The van der Waals surface area contributed by atoms with Gasteiger partial charge in [-0.1, -0.05) is 0 Å². The first-order valence-electron chi connectivity index (χ1n) is 9.06. The minimum Gasteiger partial charge on any atom is -0.378 e. The second kappa shape index (κ2) is 9.27. The SMILES string of the molecule is O=C(NC(=S)Nc1cc(C(F)(F)F)ccc1N1CCOCC1)c1ccc([N+](=O)[O-])cc1. The number of nitro groups is 1. The Kier molecular flexibility index (Phi) is 6.71. The van der Waals surface area contributed by atoms with E-state index in [4.69, 9.17) is 17.0 Å². The number of rotatable bonds is 4. The van der Waals surface area contributed by atoms with Crippen molar-refractivity contribution in [3.8, 4) is 0 Å². The standard InChI is InChI=1S/C19H17F3N4O4S/c20-19(21,22)13-3-6-16(25-7-9-30-10-8-25)15(11-13)23-18(31)24-17(27)12-1-4-14(5-2-12)26(28)29/h1-6,11H,7-10H2,(H2,23,24,27,31). The minimum absolute atomic E-state index is 0.0886. The molecule has 0 radical (unpaired) electrons. The van der Waals surface area contributed by atoms with Crippen LogP contribution < -0.4 is 15.5 Å². The zero-order valence-corrected chi connectivity index (χ0v) is 16.8. The Bertz CT molecular complexity index is 993. The van der Waals surface area contributed by atoms with Crippen LogP contribution in [0.15, 0.2) is 42.5 Å². The Morgan fingerprint density at radius 3 is 2.35 bits per heavy atom. The Hall–Kier alpha value is -3.25. The van der Waals surface area contributed by atoms with Crippen molar-refractivity contribution in [3.63, 3.8) is 0 Å². The molecule has 1 aliphatic heterocycles. The molecule has 164 valence electrons. The van der Waals surface area contributed by atoms with E-state index in [1.54, 1.807) is 0 Å². The second-order valence-corrected chi connectivity index (χ2v) is 6.95. The summed E-state index contributed by atoms with van der Waals surface area (Å²) >= 11 is 5.10. The third-order valence-corrected chi connectivity index (χ3v) is 4.70. The average Bonchev–Trinajstić information content (AvgIpc) is 2.73. The zero-order chi connectivity index (χ0) is 22.6. The fourth-order valence-corrected chi connectivity index (χ4v) is 3.16. The van der Waals surface area contributed by atoms with Gasteiger partial charge < -0.3 is 15.0 Å². The maximum Gasteiger partial charge on any atom is 0.416 e. The van der Waals surface area contributed by atoms with Crippen molar-refractivity contribution in [2.45, 2.75) is 6.18 Å². The molecule has 1 heterocycles. The van der Waals surface area contributed by atoms with Crippen molar-refractivity contribution in [1.82, 2.24) is 5.32 Å². The van der Waals surface area contributed by atoms with E-state index >= 15 is 0 Å². The first-order valence-corrected chi connectivity index (χ1v) is 9.47. The highest BCUT2D eigenvalue weighted by Gasteiger charge is 2.31. The monoisotopic (exact) mass is 454 g/mol. The van der Waals surface area contributed by atoms with Crippen LogP contribution in [0.2, 0.25) is 0 Å². The number of ether oxygens (including phenoxy) is 1. The second-order valence-electron chi connectivity index (χ2n) is 6.54. The molecule has 2 N–H and O–H groups in total. The number of anilines is 2. The van der Waals surface area contributed by atoms with Gasteiger partial charge in [-0.2, -0.15) is 13.2 Å². The van der Waals surface area contributed by atoms with Gasteiger partial charge >= 0.3 is 6.18 Å². The maximum absolute atomic E-state index is 13.2. The van der Waals surface area contributed by atoms with Crippen LogP contribution in [-0.2, 0) is 10.9 Å². The highest BCUT2D eigenvalue weighted by atomic mass is 32.1. The lowest BCUT2D eigenvalue weighted by molar-refractivity contribution is -0.384. The summed E-state index contributed by atoms with van der Waals surface area (Å²) in [5.41, 5.74) is -0.367. The topological polar surface area (TPSA) is 96.7 Å². The number of nitro benzene ring substituents is 1. The van der Waals surface area contributed by atoms with Crippen molar-refractivity contribution in [2.24, 2.45) is 0 Å². The van der Waals surface area contributed by atoms with Crippen LogP contribution >= 0.6 is 12.2 Å². The van der Waals surface area contributed by atoms with E-state index in [0.717, 1.165) is 24.3 Å². The van der Waals surface area contributed by atoms with Crippen molar-refractivity contribution in [2.75, 3.05) is 36.5 Å². The summed E-state index contributed by atoms with van der Waals surface area (Å²) in [7, 11) is 0. The van der Waals surface area contributed by atoms with Gasteiger partial charge in [-0.3, -0.25) is 20.2 Å². The van der Waals surface area contributed by atoms with Gasteiger partial charge in [-0.25, -0.2) is 0 Å². The lowest BCUT2D eigenvalue weighted by Crippen LogP contribution is -2.38. The molecule has 12 heteroatoms. The van der Waals surface area contributed by atoms with Crippen molar-refractivity contribution >= 4 is 40.3 Å². The lowest BCUT2D eigenvalue weighted by Gasteiger charge is -2.31. The van der Waals surface area contributed by atoms with Crippen molar-refractivity contribution in [1.29, 1.82) is 0 Å². The Morgan fingerprint density at radius 1 is 1.13 bits per heavy atom. The molecule has 2 aromatic rings. The zero-order valence-electron chi connectivity index (χ0n) is 15.9. The molecule has 1 fully saturated rings. The van der Waals surface area contributed by atoms with Gasteiger partial charge in [-0.15, -0.1) is 0 Å². The number of thiocarbonyl (C=S) groups is 1. The first-order chi connectivity index (χ1) is 14.6. The molecule has 1 aliphatic rings. The number of carbonyl (C=O) groups is 1. The van der Waals surface area contributed by atoms with Crippen LogP contribution in [0.1, 0.15) is 15.9 Å². The number of amides is 1. The molecule has 3 rings (SSSR count).